The van der Waals surface area contributed by atoms with Crippen LogP contribution < -0.4 is 24.8 Å². The maximum Gasteiger partial charge on any atom is 0.408 e. The molecule has 4 rings (SSSR count). The zero-order valence-electron chi connectivity index (χ0n) is 20.5. The summed E-state index contributed by atoms with van der Waals surface area (Å²) in [6.07, 6.45) is -0.671. The lowest BCUT2D eigenvalue weighted by molar-refractivity contribution is 0.0479. The molecule has 2 amide bonds. The number of ether oxygens (including phenoxy) is 4. The van der Waals surface area contributed by atoms with Crippen molar-refractivity contribution in [3.8, 4) is 28.5 Å². The van der Waals surface area contributed by atoms with Crippen molar-refractivity contribution in [3.05, 3.63) is 70.6 Å². The van der Waals surface area contributed by atoms with Crippen LogP contribution in [-0.4, -0.2) is 62.6 Å². The third-order valence-electron chi connectivity index (χ3n) is 5.85. The fraction of sp³-hybridized carbons (Fsp3) is 0.269. The predicted molar refractivity (Wildman–Crippen MR) is 135 cm³/mol. The molecule has 1 atom stereocenters. The lowest BCUT2D eigenvalue weighted by Gasteiger charge is -2.27. The Morgan fingerprint density at radius 3 is 2.58 bits per heavy atom. The number of aromatic nitrogens is 1. The quantitative estimate of drug-likeness (QED) is 0.354. The Morgan fingerprint density at radius 2 is 1.92 bits per heavy atom. The Labute approximate surface area is 222 Å². The number of carbonyl (C=O) groups is 2. The van der Waals surface area contributed by atoms with Crippen LogP contribution in [0.5, 0.6) is 17.2 Å². The van der Waals surface area contributed by atoms with E-state index in [-0.39, 0.29) is 36.9 Å². The molecule has 200 valence electrons. The SMILES string of the molecule is COc1cc(C(=O)NCC2(c3ccc(OC)c(-c4ccc(F)c(Cl)c4)n3)CNC(=O)O2)ccc1OCCO. The molecule has 1 aliphatic heterocycles. The van der Waals surface area contributed by atoms with E-state index in [1.165, 1.54) is 44.6 Å². The van der Waals surface area contributed by atoms with E-state index >= 15 is 0 Å². The second kappa shape index (κ2) is 11.5. The van der Waals surface area contributed by atoms with Crippen LogP contribution >= 0.6 is 11.6 Å². The molecule has 0 bridgehead atoms. The summed E-state index contributed by atoms with van der Waals surface area (Å²) in [4.78, 5) is 29.8. The molecule has 38 heavy (non-hydrogen) atoms. The highest BCUT2D eigenvalue weighted by molar-refractivity contribution is 6.31. The highest BCUT2D eigenvalue weighted by atomic mass is 35.5. The average Bonchev–Trinajstić information content (AvgIpc) is 3.33. The van der Waals surface area contributed by atoms with Crippen molar-refractivity contribution in [2.75, 3.05) is 40.5 Å². The van der Waals surface area contributed by atoms with Gasteiger partial charge in [0, 0.05) is 11.1 Å². The minimum absolute atomic E-state index is 0.0340. The maximum absolute atomic E-state index is 13.8. The van der Waals surface area contributed by atoms with Gasteiger partial charge >= 0.3 is 6.09 Å². The van der Waals surface area contributed by atoms with Crippen molar-refractivity contribution in [2.45, 2.75) is 5.60 Å². The number of alkyl carbamates (subject to hydrolysis) is 1. The van der Waals surface area contributed by atoms with E-state index in [1.807, 2.05) is 0 Å². The largest absolute Gasteiger partial charge is 0.494 e. The molecular weight excluding hydrogens is 521 g/mol. The van der Waals surface area contributed by atoms with E-state index in [9.17, 15) is 14.0 Å². The molecule has 0 aliphatic carbocycles. The predicted octanol–water partition coefficient (Wildman–Crippen LogP) is 3.29. The van der Waals surface area contributed by atoms with Gasteiger partial charge in [-0.15, -0.1) is 0 Å². The summed E-state index contributed by atoms with van der Waals surface area (Å²) in [5.41, 5.74) is 0.102. The Hall–Kier alpha value is -4.09. The van der Waals surface area contributed by atoms with E-state index in [1.54, 1.807) is 18.2 Å². The fourth-order valence-electron chi connectivity index (χ4n) is 3.92. The van der Waals surface area contributed by atoms with Gasteiger partial charge in [0.1, 0.15) is 23.9 Å². The smallest absolute Gasteiger partial charge is 0.408 e. The third-order valence-corrected chi connectivity index (χ3v) is 6.14. The topological polar surface area (TPSA) is 128 Å². The van der Waals surface area contributed by atoms with E-state index in [2.05, 4.69) is 15.6 Å². The first-order valence-electron chi connectivity index (χ1n) is 11.5. The molecule has 0 radical (unpaired) electrons. The number of hydrogen-bond acceptors (Lipinski definition) is 8. The molecular formula is C26H25ClFN3O7. The normalized spacial score (nSPS) is 16.4. The molecule has 12 heteroatoms. The molecule has 2 heterocycles. The minimum atomic E-state index is -1.34. The van der Waals surface area contributed by atoms with Gasteiger partial charge in [-0.2, -0.15) is 0 Å². The van der Waals surface area contributed by atoms with Crippen molar-refractivity contribution >= 4 is 23.6 Å². The highest BCUT2D eigenvalue weighted by Crippen LogP contribution is 2.35. The zero-order valence-corrected chi connectivity index (χ0v) is 21.3. The number of nitrogens with one attached hydrogen (secondary N) is 2. The van der Waals surface area contributed by atoms with Gasteiger partial charge in [0.05, 0.1) is 44.6 Å². The lowest BCUT2D eigenvalue weighted by atomic mass is 9.97. The maximum atomic E-state index is 13.8. The number of cyclic esters (lactones) is 1. The van der Waals surface area contributed by atoms with Crippen LogP contribution in [0.2, 0.25) is 5.02 Å². The van der Waals surface area contributed by atoms with Crippen LogP contribution in [0.15, 0.2) is 48.5 Å². The number of aliphatic hydroxyl groups excluding tert-OH is 1. The zero-order chi connectivity index (χ0) is 27.3. The van der Waals surface area contributed by atoms with Gasteiger partial charge in [-0.3, -0.25) is 4.79 Å². The number of aliphatic hydroxyl groups is 1. The Morgan fingerprint density at radius 1 is 1.16 bits per heavy atom. The Balaban J connectivity index is 1.62. The number of carbonyl (C=O) groups excluding carboxylic acids is 2. The molecule has 0 spiro atoms. The van der Waals surface area contributed by atoms with Crippen LogP contribution in [0.4, 0.5) is 9.18 Å². The summed E-state index contributed by atoms with van der Waals surface area (Å²) in [5.74, 6) is 0.0405. The fourth-order valence-corrected chi connectivity index (χ4v) is 4.10. The van der Waals surface area contributed by atoms with E-state index in [0.717, 1.165) is 0 Å². The highest BCUT2D eigenvalue weighted by Gasteiger charge is 2.44. The first kappa shape index (κ1) is 27.0. The van der Waals surface area contributed by atoms with Crippen LogP contribution in [-0.2, 0) is 10.3 Å². The number of rotatable bonds is 10. The molecule has 3 N–H and O–H groups in total. The molecule has 1 aromatic heterocycles. The Kier molecular flexibility index (Phi) is 8.18. The molecule has 1 fully saturated rings. The number of hydrogen-bond donors (Lipinski definition) is 3. The second-order valence-corrected chi connectivity index (χ2v) is 8.64. The molecule has 1 aliphatic rings. The van der Waals surface area contributed by atoms with E-state index < -0.39 is 23.4 Å². The van der Waals surface area contributed by atoms with Gasteiger partial charge < -0.3 is 34.7 Å². The summed E-state index contributed by atoms with van der Waals surface area (Å²) in [6, 6.07) is 12.0. The van der Waals surface area contributed by atoms with Gasteiger partial charge in [0.15, 0.2) is 17.1 Å². The van der Waals surface area contributed by atoms with E-state index in [4.69, 9.17) is 35.7 Å². The van der Waals surface area contributed by atoms with Crippen molar-refractivity contribution < 1.29 is 38.0 Å². The lowest BCUT2D eigenvalue weighted by Crippen LogP contribution is -2.44. The number of pyridine rings is 1. The van der Waals surface area contributed by atoms with Gasteiger partial charge in [0.25, 0.3) is 5.91 Å². The first-order chi connectivity index (χ1) is 18.3. The van der Waals surface area contributed by atoms with Crippen molar-refractivity contribution in [1.82, 2.24) is 15.6 Å². The van der Waals surface area contributed by atoms with Crippen molar-refractivity contribution in [1.29, 1.82) is 0 Å². The third kappa shape index (κ3) is 5.58. The van der Waals surface area contributed by atoms with Gasteiger partial charge in [-0.05, 0) is 48.5 Å². The molecule has 2 aromatic carbocycles. The van der Waals surface area contributed by atoms with E-state index in [0.29, 0.717) is 34.2 Å². The standard InChI is InChI=1S/C26H25ClFN3O7/c1-35-20-7-8-22(31-23(20)15-3-5-18(28)17(27)11-15)26(14-30-25(34)38-26)13-29-24(33)16-4-6-19(37-10-9-32)21(12-16)36-2/h3-8,11-12,32H,9-10,13-14H2,1-2H3,(H,29,33)(H,30,34). The summed E-state index contributed by atoms with van der Waals surface area (Å²) in [6.45, 7) is -0.176. The van der Waals surface area contributed by atoms with Gasteiger partial charge in [-0.25, -0.2) is 14.2 Å². The number of halogens is 2. The van der Waals surface area contributed by atoms with Gasteiger partial charge in [-0.1, -0.05) is 11.6 Å². The molecule has 10 nitrogen and oxygen atoms in total. The number of methoxy groups -OCH3 is 2. The number of amides is 2. The number of nitrogens with zero attached hydrogens (tertiary/aromatic N) is 1. The number of benzene rings is 2. The molecule has 1 saturated heterocycles. The molecule has 1 unspecified atom stereocenters. The van der Waals surface area contributed by atoms with Crippen LogP contribution in [0.1, 0.15) is 16.1 Å². The molecule has 3 aromatic rings. The monoisotopic (exact) mass is 545 g/mol. The summed E-state index contributed by atoms with van der Waals surface area (Å²) in [7, 11) is 2.90. The summed E-state index contributed by atoms with van der Waals surface area (Å²) >= 11 is 5.97. The first-order valence-corrected chi connectivity index (χ1v) is 11.9. The van der Waals surface area contributed by atoms with Crippen LogP contribution in [0.3, 0.4) is 0 Å². The van der Waals surface area contributed by atoms with Crippen molar-refractivity contribution in [2.24, 2.45) is 0 Å². The van der Waals surface area contributed by atoms with Gasteiger partial charge in [0.2, 0.25) is 0 Å². The second-order valence-electron chi connectivity index (χ2n) is 8.23. The van der Waals surface area contributed by atoms with Crippen LogP contribution in [0.25, 0.3) is 11.3 Å². The minimum Gasteiger partial charge on any atom is -0.494 e. The van der Waals surface area contributed by atoms with Crippen molar-refractivity contribution in [3.63, 3.8) is 0 Å². The summed E-state index contributed by atoms with van der Waals surface area (Å²) in [5, 5.41) is 14.3. The molecule has 0 saturated carbocycles. The summed E-state index contributed by atoms with van der Waals surface area (Å²) < 4.78 is 35.5. The average molecular weight is 546 g/mol. The Bertz CT molecular complexity index is 1360. The van der Waals surface area contributed by atoms with Crippen LogP contribution in [0, 0.1) is 5.82 Å².